The Bertz CT molecular complexity index is 366. The number of hydrogen-bond acceptors (Lipinski definition) is 2. The second-order valence-corrected chi connectivity index (χ2v) is 5.56. The zero-order valence-electron chi connectivity index (χ0n) is 10.3. The van der Waals surface area contributed by atoms with Crippen molar-refractivity contribution >= 4 is 27.5 Å². The number of nitrogens with one attached hydrogen (secondary N) is 1. The molecule has 1 aromatic rings. The van der Waals surface area contributed by atoms with Crippen LogP contribution in [0.25, 0.3) is 0 Å². The topological polar surface area (TPSA) is 32.3 Å². The molecule has 0 aliphatic heterocycles. The summed E-state index contributed by atoms with van der Waals surface area (Å²) in [4.78, 5) is 0. The first-order valence-electron chi connectivity index (χ1n) is 5.88. The SMILES string of the molecule is CCC(O)(CC)CNCc1cc(Cl)ccc1Br. The van der Waals surface area contributed by atoms with Crippen molar-refractivity contribution in [1.82, 2.24) is 5.32 Å². The van der Waals surface area contributed by atoms with Crippen LogP contribution in [0.2, 0.25) is 5.02 Å². The van der Waals surface area contributed by atoms with Crippen LogP contribution in [-0.2, 0) is 6.54 Å². The van der Waals surface area contributed by atoms with E-state index in [1.165, 1.54) is 0 Å². The van der Waals surface area contributed by atoms with E-state index >= 15 is 0 Å². The minimum atomic E-state index is -0.606. The van der Waals surface area contributed by atoms with E-state index in [1.54, 1.807) is 0 Å². The van der Waals surface area contributed by atoms with E-state index in [0.29, 0.717) is 13.1 Å². The molecule has 0 saturated heterocycles. The maximum atomic E-state index is 10.1. The molecular weight excluding hydrogens is 302 g/mol. The Hall–Kier alpha value is -0.0900. The predicted octanol–water partition coefficient (Wildman–Crippen LogP) is 3.74. The second kappa shape index (κ2) is 6.74. The molecule has 1 aromatic carbocycles. The fourth-order valence-electron chi connectivity index (χ4n) is 1.61. The third-order valence-corrected chi connectivity index (χ3v) is 4.10. The van der Waals surface area contributed by atoms with E-state index in [-0.39, 0.29) is 0 Å². The van der Waals surface area contributed by atoms with Crippen molar-refractivity contribution < 1.29 is 5.11 Å². The smallest absolute Gasteiger partial charge is 0.0766 e. The summed E-state index contributed by atoms with van der Waals surface area (Å²) in [5.74, 6) is 0. The molecule has 0 aromatic heterocycles. The third kappa shape index (κ3) is 4.59. The maximum Gasteiger partial charge on any atom is 0.0766 e. The summed E-state index contributed by atoms with van der Waals surface area (Å²) in [6.07, 6.45) is 1.51. The third-order valence-electron chi connectivity index (χ3n) is 3.09. The minimum Gasteiger partial charge on any atom is -0.389 e. The van der Waals surface area contributed by atoms with Crippen molar-refractivity contribution in [3.8, 4) is 0 Å². The van der Waals surface area contributed by atoms with Crippen molar-refractivity contribution in [2.45, 2.75) is 38.8 Å². The molecule has 96 valence electrons. The van der Waals surface area contributed by atoms with Gasteiger partial charge in [0.2, 0.25) is 0 Å². The van der Waals surface area contributed by atoms with Crippen molar-refractivity contribution in [2.75, 3.05) is 6.54 Å². The summed E-state index contributed by atoms with van der Waals surface area (Å²) in [7, 11) is 0. The molecule has 2 N–H and O–H groups in total. The van der Waals surface area contributed by atoms with Gasteiger partial charge in [-0.2, -0.15) is 0 Å². The standard InChI is InChI=1S/C13H19BrClNO/c1-3-13(17,4-2)9-16-8-10-7-11(15)5-6-12(10)14/h5-7,16-17H,3-4,8-9H2,1-2H3. The lowest BCUT2D eigenvalue weighted by Gasteiger charge is -2.25. The van der Waals surface area contributed by atoms with Crippen molar-refractivity contribution in [3.05, 3.63) is 33.3 Å². The molecule has 0 bridgehead atoms. The Morgan fingerprint density at radius 3 is 2.59 bits per heavy atom. The Kier molecular flexibility index (Phi) is 5.93. The first kappa shape index (κ1) is 15.0. The Morgan fingerprint density at radius 1 is 1.35 bits per heavy atom. The van der Waals surface area contributed by atoms with E-state index in [2.05, 4.69) is 21.2 Å². The van der Waals surface area contributed by atoms with E-state index < -0.39 is 5.60 Å². The minimum absolute atomic E-state index is 0.596. The van der Waals surface area contributed by atoms with Crippen LogP contribution in [0.4, 0.5) is 0 Å². The highest BCUT2D eigenvalue weighted by molar-refractivity contribution is 9.10. The molecule has 0 heterocycles. The maximum absolute atomic E-state index is 10.1. The summed E-state index contributed by atoms with van der Waals surface area (Å²) in [6, 6.07) is 5.71. The normalized spacial score (nSPS) is 11.8. The average Bonchev–Trinajstić information content (AvgIpc) is 2.33. The quantitative estimate of drug-likeness (QED) is 0.837. The molecule has 0 unspecified atom stereocenters. The average molecular weight is 321 g/mol. The highest BCUT2D eigenvalue weighted by Crippen LogP contribution is 2.21. The molecule has 0 spiro atoms. The molecule has 0 aliphatic carbocycles. The fourth-order valence-corrected chi connectivity index (χ4v) is 2.19. The largest absolute Gasteiger partial charge is 0.389 e. The van der Waals surface area contributed by atoms with Crippen LogP contribution in [0.3, 0.4) is 0 Å². The molecule has 2 nitrogen and oxygen atoms in total. The Balaban J connectivity index is 2.53. The van der Waals surface area contributed by atoms with Crippen LogP contribution in [0.1, 0.15) is 32.3 Å². The summed E-state index contributed by atoms with van der Waals surface area (Å²) >= 11 is 9.43. The van der Waals surface area contributed by atoms with Gasteiger partial charge in [-0.25, -0.2) is 0 Å². The van der Waals surface area contributed by atoms with E-state index in [1.807, 2.05) is 32.0 Å². The Labute approximate surface area is 117 Å². The van der Waals surface area contributed by atoms with Crippen LogP contribution in [0.15, 0.2) is 22.7 Å². The summed E-state index contributed by atoms with van der Waals surface area (Å²) in [5, 5.41) is 14.1. The van der Waals surface area contributed by atoms with Crippen LogP contribution < -0.4 is 5.32 Å². The lowest BCUT2D eigenvalue weighted by atomic mass is 9.97. The summed E-state index contributed by atoms with van der Waals surface area (Å²) in [6.45, 7) is 5.30. The van der Waals surface area contributed by atoms with Crippen LogP contribution in [0, 0.1) is 0 Å². The van der Waals surface area contributed by atoms with Crippen molar-refractivity contribution in [1.29, 1.82) is 0 Å². The predicted molar refractivity (Wildman–Crippen MR) is 76.4 cm³/mol. The molecule has 0 saturated carbocycles. The van der Waals surface area contributed by atoms with Crippen LogP contribution >= 0.6 is 27.5 Å². The van der Waals surface area contributed by atoms with Gasteiger partial charge in [-0.15, -0.1) is 0 Å². The molecule has 1 rings (SSSR count). The summed E-state index contributed by atoms with van der Waals surface area (Å²) in [5.41, 5.74) is 0.498. The number of benzene rings is 1. The van der Waals surface area contributed by atoms with E-state index in [0.717, 1.165) is 27.9 Å². The van der Waals surface area contributed by atoms with Crippen LogP contribution in [0.5, 0.6) is 0 Å². The molecule has 0 amide bonds. The molecule has 0 radical (unpaired) electrons. The van der Waals surface area contributed by atoms with E-state index in [4.69, 9.17) is 11.6 Å². The number of halogens is 2. The molecule has 17 heavy (non-hydrogen) atoms. The monoisotopic (exact) mass is 319 g/mol. The van der Waals surface area contributed by atoms with Crippen molar-refractivity contribution in [3.63, 3.8) is 0 Å². The van der Waals surface area contributed by atoms with Gasteiger partial charge in [-0.05, 0) is 36.6 Å². The first-order valence-corrected chi connectivity index (χ1v) is 7.05. The van der Waals surface area contributed by atoms with Crippen LogP contribution in [-0.4, -0.2) is 17.3 Å². The fraction of sp³-hybridized carbons (Fsp3) is 0.538. The lowest BCUT2D eigenvalue weighted by Crippen LogP contribution is -2.39. The van der Waals surface area contributed by atoms with Gasteiger partial charge in [0.25, 0.3) is 0 Å². The highest BCUT2D eigenvalue weighted by Gasteiger charge is 2.21. The van der Waals surface area contributed by atoms with Gasteiger partial charge >= 0.3 is 0 Å². The molecule has 0 fully saturated rings. The lowest BCUT2D eigenvalue weighted by molar-refractivity contribution is 0.0323. The molecule has 4 heteroatoms. The number of rotatable bonds is 6. The van der Waals surface area contributed by atoms with Crippen molar-refractivity contribution in [2.24, 2.45) is 0 Å². The zero-order valence-corrected chi connectivity index (χ0v) is 12.6. The van der Waals surface area contributed by atoms with Gasteiger partial charge in [-0.3, -0.25) is 0 Å². The highest BCUT2D eigenvalue weighted by atomic mass is 79.9. The van der Waals surface area contributed by atoms with Gasteiger partial charge in [-0.1, -0.05) is 41.4 Å². The van der Waals surface area contributed by atoms with Gasteiger partial charge in [0.1, 0.15) is 0 Å². The Morgan fingerprint density at radius 2 is 2.00 bits per heavy atom. The summed E-state index contributed by atoms with van der Waals surface area (Å²) < 4.78 is 1.03. The molecule has 0 aliphatic rings. The van der Waals surface area contributed by atoms with E-state index in [9.17, 15) is 5.11 Å². The number of hydrogen-bond donors (Lipinski definition) is 2. The first-order chi connectivity index (χ1) is 8.00. The van der Waals surface area contributed by atoms with Gasteiger partial charge in [0, 0.05) is 22.6 Å². The van der Waals surface area contributed by atoms with Gasteiger partial charge in [0.15, 0.2) is 0 Å². The van der Waals surface area contributed by atoms with Gasteiger partial charge < -0.3 is 10.4 Å². The van der Waals surface area contributed by atoms with Gasteiger partial charge in [0.05, 0.1) is 5.60 Å². The molecule has 0 atom stereocenters. The number of aliphatic hydroxyl groups is 1. The second-order valence-electron chi connectivity index (χ2n) is 4.27. The molecular formula is C13H19BrClNO. The zero-order chi connectivity index (χ0) is 12.9.